The summed E-state index contributed by atoms with van der Waals surface area (Å²) in [6, 6.07) is 7.21. The van der Waals surface area contributed by atoms with Crippen LogP contribution in [-0.4, -0.2) is 40.5 Å². The molecular weight excluding hydrogens is 362 g/mol. The molecule has 3 fully saturated rings. The molecule has 2 aromatic rings. The standard InChI is InChI=1S/C21H27N3O2.ClH/c1-2-24-15-5-3-6-16(24)12-14(11-15)22-20(25)17-7-4-8-18-19(17)23-21(26-18)13-9-10-13;/h4,7-8,13-16H,2-3,5-6,9-12H2,1H3,(H,22,25);1H. The number of halogens is 1. The Bertz CT molecular complexity index is 818. The largest absolute Gasteiger partial charge is 0.440 e. The van der Waals surface area contributed by atoms with Gasteiger partial charge in [0.2, 0.25) is 0 Å². The van der Waals surface area contributed by atoms with Gasteiger partial charge in [0.15, 0.2) is 11.5 Å². The van der Waals surface area contributed by atoms with Gasteiger partial charge >= 0.3 is 0 Å². The molecule has 2 aliphatic heterocycles. The fourth-order valence-corrected chi connectivity index (χ4v) is 5.03. The number of piperidine rings is 2. The van der Waals surface area contributed by atoms with E-state index in [2.05, 4.69) is 22.1 Å². The molecule has 146 valence electrons. The molecule has 5 nitrogen and oxygen atoms in total. The average Bonchev–Trinajstić information content (AvgIpc) is 3.39. The zero-order chi connectivity index (χ0) is 17.7. The molecule has 27 heavy (non-hydrogen) atoms. The molecule has 6 heteroatoms. The summed E-state index contributed by atoms with van der Waals surface area (Å²) in [5, 5.41) is 3.31. The minimum Gasteiger partial charge on any atom is -0.440 e. The molecule has 1 aliphatic carbocycles. The topological polar surface area (TPSA) is 58.4 Å². The van der Waals surface area contributed by atoms with Crippen LogP contribution in [0, 0.1) is 0 Å². The second kappa shape index (κ2) is 7.44. The van der Waals surface area contributed by atoms with E-state index in [0.717, 1.165) is 49.2 Å². The van der Waals surface area contributed by atoms with Crippen LogP contribution in [0.5, 0.6) is 0 Å². The number of carbonyl (C=O) groups excluding carboxylic acids is 1. The van der Waals surface area contributed by atoms with Crippen molar-refractivity contribution in [3.8, 4) is 0 Å². The number of nitrogens with one attached hydrogen (secondary N) is 1. The third kappa shape index (κ3) is 3.47. The van der Waals surface area contributed by atoms with Crippen molar-refractivity contribution in [2.75, 3.05) is 6.54 Å². The number of nitrogens with zero attached hydrogens (tertiary/aromatic N) is 2. The number of amides is 1. The van der Waals surface area contributed by atoms with Crippen molar-refractivity contribution in [1.82, 2.24) is 15.2 Å². The van der Waals surface area contributed by atoms with Crippen LogP contribution in [0.25, 0.3) is 11.1 Å². The number of oxazole rings is 1. The Morgan fingerprint density at radius 3 is 2.63 bits per heavy atom. The number of carbonyl (C=O) groups is 1. The number of hydrogen-bond acceptors (Lipinski definition) is 4. The Morgan fingerprint density at radius 1 is 1.22 bits per heavy atom. The van der Waals surface area contributed by atoms with E-state index in [0.29, 0.717) is 23.6 Å². The van der Waals surface area contributed by atoms with Crippen molar-refractivity contribution in [2.24, 2.45) is 0 Å². The molecule has 1 aromatic carbocycles. The van der Waals surface area contributed by atoms with Crippen molar-refractivity contribution in [1.29, 1.82) is 0 Å². The molecule has 3 aliphatic rings. The Hall–Kier alpha value is -1.59. The quantitative estimate of drug-likeness (QED) is 0.848. The lowest BCUT2D eigenvalue weighted by Gasteiger charge is -2.48. The van der Waals surface area contributed by atoms with Crippen molar-refractivity contribution < 1.29 is 9.21 Å². The minimum atomic E-state index is -0.000677. The van der Waals surface area contributed by atoms with Crippen molar-refractivity contribution >= 4 is 29.4 Å². The van der Waals surface area contributed by atoms with Crippen LogP contribution in [0.1, 0.15) is 74.0 Å². The molecule has 2 unspecified atom stereocenters. The summed E-state index contributed by atoms with van der Waals surface area (Å²) in [5.74, 6) is 1.25. The van der Waals surface area contributed by atoms with E-state index in [4.69, 9.17) is 4.42 Å². The highest BCUT2D eigenvalue weighted by atomic mass is 35.5. The number of hydrogen-bond donors (Lipinski definition) is 1. The molecule has 2 bridgehead atoms. The number of rotatable bonds is 4. The summed E-state index contributed by atoms with van der Waals surface area (Å²) < 4.78 is 5.86. The van der Waals surface area contributed by atoms with Gasteiger partial charge in [-0.05, 0) is 57.2 Å². The van der Waals surface area contributed by atoms with Crippen LogP contribution in [-0.2, 0) is 0 Å². The SMILES string of the molecule is CCN1C2CCCC1CC(NC(=O)c1cccc3oc(C4CC4)nc13)C2.Cl. The van der Waals surface area contributed by atoms with Crippen LogP contribution >= 0.6 is 12.4 Å². The summed E-state index contributed by atoms with van der Waals surface area (Å²) >= 11 is 0. The van der Waals surface area contributed by atoms with Crippen molar-refractivity contribution in [2.45, 2.75) is 75.9 Å². The third-order valence-corrected chi connectivity index (χ3v) is 6.43. The van der Waals surface area contributed by atoms with Gasteiger partial charge in [-0.25, -0.2) is 4.98 Å². The second-order valence-electron chi connectivity index (χ2n) is 8.19. The highest BCUT2D eigenvalue weighted by Crippen LogP contribution is 2.41. The highest BCUT2D eigenvalue weighted by Gasteiger charge is 2.38. The van der Waals surface area contributed by atoms with E-state index in [9.17, 15) is 4.79 Å². The molecule has 0 radical (unpaired) electrons. The van der Waals surface area contributed by atoms with Crippen molar-refractivity contribution in [3.63, 3.8) is 0 Å². The zero-order valence-corrected chi connectivity index (χ0v) is 16.6. The number of benzene rings is 1. The second-order valence-corrected chi connectivity index (χ2v) is 8.19. The lowest BCUT2D eigenvalue weighted by molar-refractivity contribution is 0.0288. The normalized spacial score (nSPS) is 28.0. The predicted octanol–water partition coefficient (Wildman–Crippen LogP) is 4.26. The number of para-hydroxylation sites is 1. The van der Waals surface area contributed by atoms with Gasteiger partial charge in [-0.15, -0.1) is 12.4 Å². The van der Waals surface area contributed by atoms with Crippen LogP contribution < -0.4 is 5.32 Å². The first-order valence-electron chi connectivity index (χ1n) is 10.2. The van der Waals surface area contributed by atoms with E-state index in [1.54, 1.807) is 0 Å². The fraction of sp³-hybridized carbons (Fsp3) is 0.619. The maximum absolute atomic E-state index is 13.0. The minimum absolute atomic E-state index is 0. The van der Waals surface area contributed by atoms with E-state index >= 15 is 0 Å². The Balaban J connectivity index is 0.00000180. The van der Waals surface area contributed by atoms with Crippen LogP contribution in [0.2, 0.25) is 0 Å². The lowest BCUT2D eigenvalue weighted by atomic mass is 9.81. The average molecular weight is 390 g/mol. The first-order chi connectivity index (χ1) is 12.7. The maximum Gasteiger partial charge on any atom is 0.253 e. The third-order valence-electron chi connectivity index (χ3n) is 6.43. The fourth-order valence-electron chi connectivity index (χ4n) is 5.03. The Kier molecular flexibility index (Phi) is 5.17. The molecule has 1 aromatic heterocycles. The van der Waals surface area contributed by atoms with Gasteiger partial charge in [0, 0.05) is 24.0 Å². The van der Waals surface area contributed by atoms with Crippen LogP contribution in [0.4, 0.5) is 0 Å². The molecule has 2 saturated heterocycles. The lowest BCUT2D eigenvalue weighted by Crippen LogP contribution is -2.56. The summed E-state index contributed by atoms with van der Waals surface area (Å²) in [7, 11) is 0. The van der Waals surface area contributed by atoms with Gasteiger partial charge in [0.1, 0.15) is 5.52 Å². The first-order valence-corrected chi connectivity index (χ1v) is 10.2. The summed E-state index contributed by atoms with van der Waals surface area (Å²) in [5.41, 5.74) is 2.11. The van der Waals surface area contributed by atoms with Gasteiger partial charge in [-0.1, -0.05) is 19.4 Å². The first kappa shape index (κ1) is 18.8. The molecule has 1 N–H and O–H groups in total. The smallest absolute Gasteiger partial charge is 0.253 e. The summed E-state index contributed by atoms with van der Waals surface area (Å²) in [6.45, 7) is 3.38. The van der Waals surface area contributed by atoms with Crippen LogP contribution in [0.15, 0.2) is 22.6 Å². The Labute approximate surface area is 166 Å². The molecule has 1 saturated carbocycles. The molecule has 1 amide bonds. The Morgan fingerprint density at radius 2 is 1.96 bits per heavy atom. The van der Waals surface area contributed by atoms with E-state index in [-0.39, 0.29) is 24.4 Å². The van der Waals surface area contributed by atoms with Crippen LogP contribution in [0.3, 0.4) is 0 Å². The van der Waals surface area contributed by atoms with E-state index in [1.807, 2.05) is 18.2 Å². The predicted molar refractivity (Wildman–Crippen MR) is 108 cm³/mol. The van der Waals surface area contributed by atoms with E-state index < -0.39 is 0 Å². The van der Waals surface area contributed by atoms with Gasteiger partial charge < -0.3 is 9.73 Å². The van der Waals surface area contributed by atoms with Crippen molar-refractivity contribution in [3.05, 3.63) is 29.7 Å². The van der Waals surface area contributed by atoms with Gasteiger partial charge in [0.05, 0.1) is 5.56 Å². The van der Waals surface area contributed by atoms with E-state index in [1.165, 1.54) is 19.3 Å². The maximum atomic E-state index is 13.0. The number of fused-ring (bicyclic) bond motifs is 3. The molecule has 0 spiro atoms. The summed E-state index contributed by atoms with van der Waals surface area (Å²) in [4.78, 5) is 20.3. The molecule has 5 rings (SSSR count). The van der Waals surface area contributed by atoms with Gasteiger partial charge in [-0.3, -0.25) is 9.69 Å². The highest BCUT2D eigenvalue weighted by molar-refractivity contribution is 6.04. The van der Waals surface area contributed by atoms with Gasteiger partial charge in [-0.2, -0.15) is 0 Å². The monoisotopic (exact) mass is 389 g/mol. The molecule has 2 atom stereocenters. The number of aromatic nitrogens is 1. The zero-order valence-electron chi connectivity index (χ0n) is 15.8. The molecular formula is C21H28ClN3O2. The molecule has 3 heterocycles. The summed E-state index contributed by atoms with van der Waals surface area (Å²) in [6.07, 6.45) is 8.28. The van der Waals surface area contributed by atoms with Gasteiger partial charge in [0.25, 0.3) is 5.91 Å².